The molecule has 96 valence electrons. The van der Waals surface area contributed by atoms with Crippen LogP contribution in [0.25, 0.3) is 0 Å². The Labute approximate surface area is 115 Å². The summed E-state index contributed by atoms with van der Waals surface area (Å²) in [5, 5.41) is 0. The number of nitrogens with zero attached hydrogens (tertiary/aromatic N) is 2. The van der Waals surface area contributed by atoms with Gasteiger partial charge in [-0.1, -0.05) is 6.07 Å². The van der Waals surface area contributed by atoms with E-state index in [9.17, 15) is 0 Å². The number of nitrogens with two attached hydrogens (primary N) is 1. The Balaban J connectivity index is 1.92. The number of rotatable bonds is 5. The van der Waals surface area contributed by atoms with Gasteiger partial charge in [-0.2, -0.15) is 0 Å². The largest absolute Gasteiger partial charge is 0.491 e. The molecule has 0 aliphatic heterocycles. The zero-order valence-corrected chi connectivity index (χ0v) is 11.9. The highest BCUT2D eigenvalue weighted by molar-refractivity contribution is 9.10. The van der Waals surface area contributed by atoms with Gasteiger partial charge in [-0.15, -0.1) is 0 Å². The molecule has 0 radical (unpaired) electrons. The molecule has 0 spiro atoms. The lowest BCUT2D eigenvalue weighted by molar-refractivity contribution is 0.295. The molecule has 1 aromatic carbocycles. The molecule has 1 aromatic heterocycles. The van der Waals surface area contributed by atoms with Gasteiger partial charge in [0.15, 0.2) is 0 Å². The lowest BCUT2D eigenvalue weighted by Crippen LogP contribution is -2.09. The fourth-order valence-corrected chi connectivity index (χ4v) is 2.22. The van der Waals surface area contributed by atoms with Crippen molar-refractivity contribution in [3.05, 3.63) is 46.5 Å². The highest BCUT2D eigenvalue weighted by Crippen LogP contribution is 2.25. The van der Waals surface area contributed by atoms with E-state index in [2.05, 4.69) is 25.5 Å². The van der Waals surface area contributed by atoms with E-state index in [0.29, 0.717) is 13.2 Å². The van der Waals surface area contributed by atoms with Crippen molar-refractivity contribution in [2.24, 2.45) is 5.73 Å². The quantitative estimate of drug-likeness (QED) is 0.923. The van der Waals surface area contributed by atoms with Gasteiger partial charge in [-0.25, -0.2) is 4.98 Å². The molecule has 0 aliphatic rings. The van der Waals surface area contributed by atoms with Crippen LogP contribution in [-0.4, -0.2) is 16.2 Å². The second-order valence-corrected chi connectivity index (χ2v) is 4.84. The third-order valence-corrected chi connectivity index (χ3v) is 3.37. The first-order valence-corrected chi connectivity index (χ1v) is 6.59. The first-order valence-electron chi connectivity index (χ1n) is 5.79. The smallest absolute Gasteiger partial charge is 0.133 e. The average Bonchev–Trinajstić information content (AvgIpc) is 2.77. The molecule has 5 heteroatoms. The van der Waals surface area contributed by atoms with Gasteiger partial charge in [0, 0.05) is 18.9 Å². The maximum Gasteiger partial charge on any atom is 0.133 e. The third-order valence-electron chi connectivity index (χ3n) is 2.75. The van der Waals surface area contributed by atoms with Gasteiger partial charge in [-0.05, 0) is 40.5 Å². The first kappa shape index (κ1) is 13.1. The lowest BCUT2D eigenvalue weighted by Gasteiger charge is -2.10. The van der Waals surface area contributed by atoms with Crippen LogP contribution in [0.3, 0.4) is 0 Å². The molecular weight excluding hydrogens is 294 g/mol. The second-order valence-electron chi connectivity index (χ2n) is 3.99. The van der Waals surface area contributed by atoms with Crippen LogP contribution in [0.1, 0.15) is 11.4 Å². The van der Waals surface area contributed by atoms with Crippen molar-refractivity contribution in [2.75, 3.05) is 6.61 Å². The van der Waals surface area contributed by atoms with Crippen LogP contribution < -0.4 is 10.5 Å². The number of halogens is 1. The summed E-state index contributed by atoms with van der Waals surface area (Å²) in [4.78, 5) is 4.17. The minimum atomic E-state index is 0.535. The van der Waals surface area contributed by atoms with E-state index in [0.717, 1.165) is 28.2 Å². The van der Waals surface area contributed by atoms with Crippen LogP contribution in [-0.2, 0) is 13.1 Å². The standard InChI is InChI=1S/C13H16BrN3O/c1-10-16-4-5-17(10)6-7-18-13-3-2-11(9-15)8-12(13)14/h2-5,8H,6-7,9,15H2,1H3. The van der Waals surface area contributed by atoms with Crippen LogP contribution in [0, 0.1) is 6.92 Å². The summed E-state index contributed by atoms with van der Waals surface area (Å²) in [5.74, 6) is 1.83. The normalized spacial score (nSPS) is 10.6. The van der Waals surface area contributed by atoms with Gasteiger partial charge in [0.1, 0.15) is 18.2 Å². The Morgan fingerprint density at radius 1 is 1.44 bits per heavy atom. The number of hydrogen-bond donors (Lipinski definition) is 1. The van der Waals surface area contributed by atoms with Crippen LogP contribution in [0.2, 0.25) is 0 Å². The van der Waals surface area contributed by atoms with E-state index < -0.39 is 0 Å². The van der Waals surface area contributed by atoms with Crippen LogP contribution in [0.4, 0.5) is 0 Å². The van der Waals surface area contributed by atoms with E-state index >= 15 is 0 Å². The molecule has 0 aliphatic carbocycles. The molecule has 0 saturated carbocycles. The van der Waals surface area contributed by atoms with Crippen molar-refractivity contribution in [1.29, 1.82) is 0 Å². The highest BCUT2D eigenvalue weighted by Gasteiger charge is 2.03. The monoisotopic (exact) mass is 309 g/mol. The van der Waals surface area contributed by atoms with E-state index in [4.69, 9.17) is 10.5 Å². The minimum absolute atomic E-state index is 0.535. The zero-order chi connectivity index (χ0) is 13.0. The summed E-state index contributed by atoms with van der Waals surface area (Å²) in [6.07, 6.45) is 3.74. The van der Waals surface area contributed by atoms with Crippen molar-refractivity contribution < 1.29 is 4.74 Å². The number of imidazole rings is 1. The number of ether oxygens (including phenoxy) is 1. The van der Waals surface area contributed by atoms with Crippen LogP contribution in [0.15, 0.2) is 35.1 Å². The van der Waals surface area contributed by atoms with Crippen molar-refractivity contribution in [3.8, 4) is 5.75 Å². The Bertz CT molecular complexity index is 525. The van der Waals surface area contributed by atoms with Crippen molar-refractivity contribution in [1.82, 2.24) is 9.55 Å². The molecule has 1 heterocycles. The lowest BCUT2D eigenvalue weighted by atomic mass is 10.2. The molecule has 0 unspecified atom stereocenters. The molecule has 0 saturated heterocycles. The number of benzene rings is 1. The van der Waals surface area contributed by atoms with Gasteiger partial charge in [0.25, 0.3) is 0 Å². The summed E-state index contributed by atoms with van der Waals surface area (Å²) in [7, 11) is 0. The zero-order valence-electron chi connectivity index (χ0n) is 10.3. The summed E-state index contributed by atoms with van der Waals surface area (Å²) in [5.41, 5.74) is 6.66. The van der Waals surface area contributed by atoms with Crippen molar-refractivity contribution in [3.63, 3.8) is 0 Å². The summed E-state index contributed by atoms with van der Waals surface area (Å²) < 4.78 is 8.72. The molecule has 0 atom stereocenters. The topological polar surface area (TPSA) is 53.1 Å². The fraction of sp³-hybridized carbons (Fsp3) is 0.308. The number of aryl methyl sites for hydroxylation is 1. The van der Waals surface area contributed by atoms with E-state index in [-0.39, 0.29) is 0 Å². The van der Waals surface area contributed by atoms with E-state index in [1.807, 2.05) is 31.3 Å². The average molecular weight is 310 g/mol. The highest BCUT2D eigenvalue weighted by atomic mass is 79.9. The minimum Gasteiger partial charge on any atom is -0.491 e. The maximum atomic E-state index is 5.73. The van der Waals surface area contributed by atoms with Crippen LogP contribution in [0.5, 0.6) is 5.75 Å². The molecule has 2 rings (SSSR count). The van der Waals surface area contributed by atoms with Gasteiger partial charge in [-0.3, -0.25) is 0 Å². The fourth-order valence-electron chi connectivity index (χ4n) is 1.68. The van der Waals surface area contributed by atoms with Crippen LogP contribution >= 0.6 is 15.9 Å². The molecule has 0 amide bonds. The number of hydrogen-bond acceptors (Lipinski definition) is 3. The van der Waals surface area contributed by atoms with E-state index in [1.54, 1.807) is 6.20 Å². The Hall–Kier alpha value is -1.33. The van der Waals surface area contributed by atoms with Crippen molar-refractivity contribution in [2.45, 2.75) is 20.0 Å². The predicted molar refractivity (Wildman–Crippen MR) is 74.5 cm³/mol. The Kier molecular flexibility index (Phi) is 4.38. The molecular formula is C13H16BrN3O. The van der Waals surface area contributed by atoms with Crippen molar-refractivity contribution >= 4 is 15.9 Å². The van der Waals surface area contributed by atoms with Gasteiger partial charge in [0.2, 0.25) is 0 Å². The number of aromatic nitrogens is 2. The summed E-state index contributed by atoms with van der Waals surface area (Å²) in [6.45, 7) is 3.91. The third kappa shape index (κ3) is 3.11. The van der Waals surface area contributed by atoms with Gasteiger partial charge >= 0.3 is 0 Å². The van der Waals surface area contributed by atoms with E-state index in [1.165, 1.54) is 0 Å². The molecule has 2 N–H and O–H groups in total. The molecule has 0 fully saturated rings. The Morgan fingerprint density at radius 2 is 2.28 bits per heavy atom. The van der Waals surface area contributed by atoms with Gasteiger partial charge in [0.05, 0.1) is 11.0 Å². The Morgan fingerprint density at radius 3 is 2.89 bits per heavy atom. The summed E-state index contributed by atoms with van der Waals surface area (Å²) in [6, 6.07) is 5.90. The second kappa shape index (κ2) is 6.02. The predicted octanol–water partition coefficient (Wildman–Crippen LogP) is 2.49. The molecule has 4 nitrogen and oxygen atoms in total. The van der Waals surface area contributed by atoms with Gasteiger partial charge < -0.3 is 15.0 Å². The maximum absolute atomic E-state index is 5.73. The molecule has 2 aromatic rings. The first-order chi connectivity index (χ1) is 8.70. The SMILES string of the molecule is Cc1nccn1CCOc1ccc(CN)cc1Br. The molecule has 18 heavy (non-hydrogen) atoms. The summed E-state index contributed by atoms with van der Waals surface area (Å²) >= 11 is 3.48. The molecule has 0 bridgehead atoms.